The van der Waals surface area contributed by atoms with E-state index in [9.17, 15) is 22.0 Å². The number of rotatable bonds is 4. The van der Waals surface area contributed by atoms with Crippen LogP contribution in [0.4, 0.5) is 27.8 Å². The molecule has 17 heavy (non-hydrogen) atoms. The van der Waals surface area contributed by atoms with Crippen LogP contribution in [0.25, 0.3) is 0 Å². The average Bonchev–Trinajstić information content (AvgIpc) is 2.26. The fourth-order valence-electron chi connectivity index (χ4n) is 0.983. The number of pyridine rings is 1. The van der Waals surface area contributed by atoms with Crippen molar-refractivity contribution in [3.63, 3.8) is 0 Å². The number of nitrogens with two attached hydrogens (primary N) is 1. The topological polar surface area (TPSA) is 50.9 Å². The van der Waals surface area contributed by atoms with Crippen LogP contribution in [0.15, 0.2) is 18.2 Å². The van der Waals surface area contributed by atoms with Gasteiger partial charge in [-0.2, -0.15) is 13.2 Å². The molecule has 1 aromatic heterocycles. The second-order valence-corrected chi connectivity index (χ2v) is 3.32. The zero-order chi connectivity index (χ0) is 13.1. The predicted molar refractivity (Wildman–Crippen MR) is 51.7 cm³/mol. The number of nitrogens with zero attached hydrogens (tertiary/aromatic N) is 1. The summed E-state index contributed by atoms with van der Waals surface area (Å²) in [6.07, 6.45) is -4.60. The van der Waals surface area contributed by atoms with E-state index in [4.69, 9.17) is 5.73 Å². The molecule has 0 aliphatic heterocycles. The number of alkyl halides is 5. The fraction of sp³-hybridized carbons (Fsp3) is 0.444. The Kier molecular flexibility index (Phi) is 3.87. The van der Waals surface area contributed by atoms with Crippen LogP contribution < -0.4 is 11.1 Å². The summed E-state index contributed by atoms with van der Waals surface area (Å²) in [5, 5.41) is 2.11. The molecule has 0 aromatic carbocycles. The van der Waals surface area contributed by atoms with Gasteiger partial charge in [0.1, 0.15) is 11.5 Å². The molecule has 0 fully saturated rings. The van der Waals surface area contributed by atoms with Crippen molar-refractivity contribution in [1.29, 1.82) is 0 Å². The first-order chi connectivity index (χ1) is 7.74. The first kappa shape index (κ1) is 13.6. The molecule has 0 aliphatic carbocycles. The van der Waals surface area contributed by atoms with Gasteiger partial charge >= 0.3 is 6.18 Å². The molecule has 0 unspecified atom stereocenters. The third-order valence-corrected chi connectivity index (χ3v) is 1.87. The maximum atomic E-state index is 12.7. The highest BCUT2D eigenvalue weighted by molar-refractivity contribution is 5.36. The maximum absolute atomic E-state index is 12.7. The maximum Gasteiger partial charge on any atom is 0.433 e. The largest absolute Gasteiger partial charge is 0.433 e. The normalized spacial score (nSPS) is 12.6. The summed E-state index contributed by atoms with van der Waals surface area (Å²) in [7, 11) is 0. The molecule has 0 saturated carbocycles. The van der Waals surface area contributed by atoms with Crippen LogP contribution in [-0.2, 0) is 6.18 Å². The van der Waals surface area contributed by atoms with Crippen molar-refractivity contribution in [2.75, 3.05) is 18.4 Å². The molecule has 3 nitrogen and oxygen atoms in total. The summed E-state index contributed by atoms with van der Waals surface area (Å²) < 4.78 is 62.2. The summed E-state index contributed by atoms with van der Waals surface area (Å²) in [6, 6.07) is 3.01. The molecule has 0 spiro atoms. The smallest absolute Gasteiger partial charge is 0.364 e. The lowest BCUT2D eigenvalue weighted by atomic mass is 10.3. The standard InChI is InChI=1S/C9H10F5N3/c10-8(11,4-15)5-16-7-3-1-2-6(17-7)9(12,13)14/h1-3H,4-5,15H2,(H,16,17). The second-order valence-electron chi connectivity index (χ2n) is 3.32. The van der Waals surface area contributed by atoms with Crippen LogP contribution in [0, 0.1) is 0 Å². The number of hydrogen-bond donors (Lipinski definition) is 2. The Morgan fingerprint density at radius 1 is 1.18 bits per heavy atom. The fourth-order valence-corrected chi connectivity index (χ4v) is 0.983. The van der Waals surface area contributed by atoms with Crippen LogP contribution in [0.5, 0.6) is 0 Å². The van der Waals surface area contributed by atoms with Crippen LogP contribution in [0.3, 0.4) is 0 Å². The van der Waals surface area contributed by atoms with Crippen LogP contribution >= 0.6 is 0 Å². The zero-order valence-electron chi connectivity index (χ0n) is 8.56. The molecule has 0 radical (unpaired) electrons. The molecule has 0 bridgehead atoms. The monoisotopic (exact) mass is 255 g/mol. The van der Waals surface area contributed by atoms with E-state index in [0.717, 1.165) is 12.1 Å². The van der Waals surface area contributed by atoms with Crippen LogP contribution in [0.1, 0.15) is 5.69 Å². The van der Waals surface area contributed by atoms with Crippen molar-refractivity contribution in [1.82, 2.24) is 4.98 Å². The van der Waals surface area contributed by atoms with Crippen molar-refractivity contribution in [3.05, 3.63) is 23.9 Å². The van der Waals surface area contributed by atoms with Crippen molar-refractivity contribution >= 4 is 5.82 Å². The van der Waals surface area contributed by atoms with Gasteiger partial charge in [-0.1, -0.05) is 6.07 Å². The van der Waals surface area contributed by atoms with Gasteiger partial charge in [-0.25, -0.2) is 13.8 Å². The molecule has 0 amide bonds. The van der Waals surface area contributed by atoms with Crippen molar-refractivity contribution in [2.45, 2.75) is 12.1 Å². The Bertz CT molecular complexity index is 377. The Balaban J connectivity index is 2.74. The number of aromatic nitrogens is 1. The van der Waals surface area contributed by atoms with E-state index in [1.165, 1.54) is 6.07 Å². The molecule has 1 heterocycles. The minimum atomic E-state index is -4.60. The van der Waals surface area contributed by atoms with Crippen molar-refractivity contribution in [2.24, 2.45) is 5.73 Å². The first-order valence-electron chi connectivity index (χ1n) is 4.61. The van der Waals surface area contributed by atoms with Gasteiger partial charge in [-0.3, -0.25) is 0 Å². The van der Waals surface area contributed by atoms with Crippen molar-refractivity contribution < 1.29 is 22.0 Å². The highest BCUT2D eigenvalue weighted by Crippen LogP contribution is 2.28. The zero-order valence-corrected chi connectivity index (χ0v) is 8.56. The Hall–Kier alpha value is -1.44. The van der Waals surface area contributed by atoms with E-state index in [1.54, 1.807) is 0 Å². The highest BCUT2D eigenvalue weighted by atomic mass is 19.4. The van der Waals surface area contributed by atoms with E-state index < -0.39 is 30.9 Å². The molecular formula is C9H10F5N3. The average molecular weight is 255 g/mol. The molecule has 0 saturated heterocycles. The van der Waals surface area contributed by atoms with Crippen LogP contribution in [0.2, 0.25) is 0 Å². The van der Waals surface area contributed by atoms with E-state index in [0.29, 0.717) is 0 Å². The predicted octanol–water partition coefficient (Wildman–Crippen LogP) is 2.11. The number of anilines is 1. The minimum absolute atomic E-state index is 0.270. The Morgan fingerprint density at radius 2 is 1.82 bits per heavy atom. The molecule has 1 rings (SSSR count). The molecule has 0 atom stereocenters. The van der Waals surface area contributed by atoms with E-state index >= 15 is 0 Å². The lowest BCUT2D eigenvalue weighted by molar-refractivity contribution is -0.141. The molecular weight excluding hydrogens is 245 g/mol. The number of halogens is 5. The SMILES string of the molecule is NCC(F)(F)CNc1cccc(C(F)(F)F)n1. The van der Waals surface area contributed by atoms with Gasteiger partial charge in [0.15, 0.2) is 0 Å². The van der Waals surface area contributed by atoms with E-state index in [2.05, 4.69) is 10.3 Å². The summed E-state index contributed by atoms with van der Waals surface area (Å²) >= 11 is 0. The molecule has 96 valence electrons. The molecule has 3 N–H and O–H groups in total. The molecule has 0 aliphatic rings. The molecule has 1 aromatic rings. The summed E-state index contributed by atoms with van der Waals surface area (Å²) in [5.74, 6) is -3.46. The third-order valence-electron chi connectivity index (χ3n) is 1.87. The Labute approximate surface area is 93.8 Å². The van der Waals surface area contributed by atoms with E-state index in [-0.39, 0.29) is 5.82 Å². The van der Waals surface area contributed by atoms with E-state index in [1.807, 2.05) is 0 Å². The minimum Gasteiger partial charge on any atom is -0.364 e. The van der Waals surface area contributed by atoms with Gasteiger partial charge in [0, 0.05) is 0 Å². The summed E-state index contributed by atoms with van der Waals surface area (Å²) in [4.78, 5) is 3.17. The van der Waals surface area contributed by atoms with Gasteiger partial charge in [-0.15, -0.1) is 0 Å². The summed E-state index contributed by atoms with van der Waals surface area (Å²) in [6.45, 7) is -1.75. The van der Waals surface area contributed by atoms with Gasteiger partial charge in [-0.05, 0) is 12.1 Å². The highest BCUT2D eigenvalue weighted by Gasteiger charge is 2.33. The lowest BCUT2D eigenvalue weighted by Crippen LogP contribution is -2.35. The Morgan fingerprint density at radius 3 is 2.35 bits per heavy atom. The lowest BCUT2D eigenvalue weighted by Gasteiger charge is -2.15. The first-order valence-corrected chi connectivity index (χ1v) is 4.61. The number of nitrogens with one attached hydrogen (secondary N) is 1. The number of hydrogen-bond acceptors (Lipinski definition) is 3. The van der Waals surface area contributed by atoms with Gasteiger partial charge in [0.05, 0.1) is 13.1 Å². The van der Waals surface area contributed by atoms with Crippen molar-refractivity contribution in [3.8, 4) is 0 Å². The summed E-state index contributed by atoms with van der Waals surface area (Å²) in [5.41, 5.74) is 3.64. The molecule has 8 heteroatoms. The second kappa shape index (κ2) is 4.82. The quantitative estimate of drug-likeness (QED) is 0.810. The van der Waals surface area contributed by atoms with Gasteiger partial charge in [0.25, 0.3) is 5.92 Å². The van der Waals surface area contributed by atoms with Gasteiger partial charge in [0.2, 0.25) is 0 Å². The third kappa shape index (κ3) is 4.14. The van der Waals surface area contributed by atoms with Crippen LogP contribution in [-0.4, -0.2) is 24.0 Å². The van der Waals surface area contributed by atoms with Gasteiger partial charge < -0.3 is 11.1 Å².